The fourth-order valence-corrected chi connectivity index (χ4v) is 3.16. The molecule has 0 aliphatic carbocycles. The fraction of sp³-hybridized carbons (Fsp3) is 0.263. The molecule has 2 heterocycles. The third-order valence-electron chi connectivity index (χ3n) is 4.36. The van der Waals surface area contributed by atoms with E-state index in [2.05, 4.69) is 20.6 Å². The van der Waals surface area contributed by atoms with Crippen molar-refractivity contribution in [2.24, 2.45) is 0 Å². The number of rotatable bonds is 3. The summed E-state index contributed by atoms with van der Waals surface area (Å²) in [6, 6.07) is 14.8. The van der Waals surface area contributed by atoms with Gasteiger partial charge in [0.05, 0.1) is 11.2 Å². The van der Waals surface area contributed by atoms with Crippen LogP contribution in [0.4, 0.5) is 10.3 Å². The van der Waals surface area contributed by atoms with Crippen molar-refractivity contribution in [3.05, 3.63) is 54.3 Å². The number of aromatic nitrogens is 2. The molecule has 5 heteroatoms. The lowest BCUT2D eigenvalue weighted by molar-refractivity contribution is 0.478. The van der Waals surface area contributed by atoms with E-state index in [-0.39, 0.29) is 5.82 Å². The predicted molar refractivity (Wildman–Crippen MR) is 94.4 cm³/mol. The van der Waals surface area contributed by atoms with E-state index in [0.717, 1.165) is 36.8 Å². The summed E-state index contributed by atoms with van der Waals surface area (Å²) in [7, 11) is 0. The van der Waals surface area contributed by atoms with Gasteiger partial charge in [-0.25, -0.2) is 14.4 Å². The van der Waals surface area contributed by atoms with E-state index in [1.165, 1.54) is 6.07 Å². The zero-order valence-electron chi connectivity index (χ0n) is 13.3. The number of nitrogens with zero attached hydrogens (tertiary/aromatic N) is 2. The van der Waals surface area contributed by atoms with Gasteiger partial charge in [0, 0.05) is 23.5 Å². The van der Waals surface area contributed by atoms with Crippen molar-refractivity contribution in [1.82, 2.24) is 15.3 Å². The van der Waals surface area contributed by atoms with Crippen LogP contribution in [0, 0.1) is 5.82 Å². The summed E-state index contributed by atoms with van der Waals surface area (Å²) in [6.07, 6.45) is 2.21. The van der Waals surface area contributed by atoms with Crippen LogP contribution < -0.4 is 10.6 Å². The Labute approximate surface area is 140 Å². The van der Waals surface area contributed by atoms with Crippen LogP contribution >= 0.6 is 0 Å². The van der Waals surface area contributed by atoms with Crippen molar-refractivity contribution in [2.45, 2.75) is 18.9 Å². The summed E-state index contributed by atoms with van der Waals surface area (Å²) in [5, 5.41) is 7.62. The molecule has 2 N–H and O–H groups in total. The van der Waals surface area contributed by atoms with E-state index in [4.69, 9.17) is 0 Å². The molecule has 1 saturated heterocycles. The standard InChI is InChI=1S/C19H19FN4/c20-16-9-3-1-7-14(16)18-15-8-2-4-10-17(15)23-19(24-18)22-13-6-5-11-21-12-13/h1-4,7-10,13,21H,5-6,11-12H2,(H,22,23,24). The predicted octanol–water partition coefficient (Wildman–Crippen LogP) is 3.60. The molecule has 1 aliphatic heterocycles. The Hall–Kier alpha value is -2.53. The second kappa shape index (κ2) is 6.53. The van der Waals surface area contributed by atoms with Gasteiger partial charge in [-0.05, 0) is 37.6 Å². The van der Waals surface area contributed by atoms with Gasteiger partial charge in [-0.2, -0.15) is 0 Å². The van der Waals surface area contributed by atoms with E-state index in [1.807, 2.05) is 30.3 Å². The number of benzene rings is 2. The van der Waals surface area contributed by atoms with Crippen LogP contribution in [0.5, 0.6) is 0 Å². The van der Waals surface area contributed by atoms with Gasteiger partial charge in [0.15, 0.2) is 0 Å². The van der Waals surface area contributed by atoms with Gasteiger partial charge in [-0.3, -0.25) is 0 Å². The number of halogens is 1. The second-order valence-corrected chi connectivity index (χ2v) is 6.08. The van der Waals surface area contributed by atoms with Crippen molar-refractivity contribution < 1.29 is 4.39 Å². The lowest BCUT2D eigenvalue weighted by Crippen LogP contribution is -2.38. The van der Waals surface area contributed by atoms with E-state index in [1.54, 1.807) is 12.1 Å². The van der Waals surface area contributed by atoms with Gasteiger partial charge < -0.3 is 10.6 Å². The molecular weight excluding hydrogens is 303 g/mol. The summed E-state index contributed by atoms with van der Waals surface area (Å²) in [5.74, 6) is 0.285. The maximum atomic E-state index is 14.3. The zero-order valence-corrected chi connectivity index (χ0v) is 13.3. The van der Waals surface area contributed by atoms with Crippen molar-refractivity contribution >= 4 is 16.9 Å². The number of hydrogen-bond donors (Lipinski definition) is 2. The fourth-order valence-electron chi connectivity index (χ4n) is 3.16. The van der Waals surface area contributed by atoms with Crippen LogP contribution in [-0.4, -0.2) is 29.1 Å². The summed E-state index contributed by atoms with van der Waals surface area (Å²) in [5.41, 5.74) is 1.95. The SMILES string of the molecule is Fc1ccccc1-c1nc(NC2CCCNC2)nc2ccccc12. The highest BCUT2D eigenvalue weighted by atomic mass is 19.1. The molecule has 4 nitrogen and oxygen atoms in total. The monoisotopic (exact) mass is 322 g/mol. The molecule has 0 bridgehead atoms. The molecule has 24 heavy (non-hydrogen) atoms. The molecule has 122 valence electrons. The van der Waals surface area contributed by atoms with Crippen LogP contribution in [0.25, 0.3) is 22.2 Å². The summed E-state index contributed by atoms with van der Waals surface area (Å²) in [6.45, 7) is 1.95. The molecule has 0 radical (unpaired) electrons. The molecule has 4 rings (SSSR count). The topological polar surface area (TPSA) is 49.8 Å². The van der Waals surface area contributed by atoms with Gasteiger partial charge in [0.25, 0.3) is 0 Å². The maximum Gasteiger partial charge on any atom is 0.224 e. The van der Waals surface area contributed by atoms with Crippen LogP contribution in [0.1, 0.15) is 12.8 Å². The highest BCUT2D eigenvalue weighted by molar-refractivity contribution is 5.93. The first-order chi connectivity index (χ1) is 11.8. The minimum Gasteiger partial charge on any atom is -0.350 e. The average molecular weight is 322 g/mol. The van der Waals surface area contributed by atoms with Crippen LogP contribution in [0.2, 0.25) is 0 Å². The largest absolute Gasteiger partial charge is 0.350 e. The van der Waals surface area contributed by atoms with Crippen LogP contribution in [-0.2, 0) is 0 Å². The zero-order chi connectivity index (χ0) is 16.4. The maximum absolute atomic E-state index is 14.3. The Morgan fingerprint density at radius 2 is 1.88 bits per heavy atom. The molecule has 1 atom stereocenters. The Kier molecular flexibility index (Phi) is 4.09. The molecule has 1 unspecified atom stereocenters. The van der Waals surface area contributed by atoms with Gasteiger partial charge in [0.2, 0.25) is 5.95 Å². The van der Waals surface area contributed by atoms with Crippen LogP contribution in [0.15, 0.2) is 48.5 Å². The molecule has 1 aliphatic rings. The average Bonchev–Trinajstić information content (AvgIpc) is 2.62. The molecule has 1 fully saturated rings. The van der Waals surface area contributed by atoms with Crippen molar-refractivity contribution in [3.8, 4) is 11.3 Å². The van der Waals surface area contributed by atoms with Gasteiger partial charge in [0.1, 0.15) is 5.82 Å². The number of hydrogen-bond acceptors (Lipinski definition) is 4. The number of fused-ring (bicyclic) bond motifs is 1. The number of piperidine rings is 1. The molecule has 3 aromatic rings. The third kappa shape index (κ3) is 2.95. The van der Waals surface area contributed by atoms with Gasteiger partial charge in [-0.1, -0.05) is 30.3 Å². The number of anilines is 1. The number of para-hydroxylation sites is 1. The third-order valence-corrected chi connectivity index (χ3v) is 4.36. The van der Waals surface area contributed by atoms with Gasteiger partial charge in [-0.15, -0.1) is 0 Å². The van der Waals surface area contributed by atoms with E-state index >= 15 is 0 Å². The molecule has 2 aromatic carbocycles. The molecule has 0 spiro atoms. The molecular formula is C19H19FN4. The summed E-state index contributed by atoms with van der Waals surface area (Å²) >= 11 is 0. The summed E-state index contributed by atoms with van der Waals surface area (Å²) in [4.78, 5) is 9.25. The van der Waals surface area contributed by atoms with E-state index in [0.29, 0.717) is 23.2 Å². The molecule has 0 amide bonds. The highest BCUT2D eigenvalue weighted by Crippen LogP contribution is 2.29. The summed E-state index contributed by atoms with van der Waals surface area (Å²) < 4.78 is 14.3. The first kappa shape index (κ1) is 15.0. The second-order valence-electron chi connectivity index (χ2n) is 6.08. The Balaban J connectivity index is 1.80. The quantitative estimate of drug-likeness (QED) is 0.773. The van der Waals surface area contributed by atoms with Crippen LogP contribution in [0.3, 0.4) is 0 Å². The van der Waals surface area contributed by atoms with Gasteiger partial charge >= 0.3 is 0 Å². The molecule has 0 saturated carbocycles. The minimum atomic E-state index is -0.272. The Morgan fingerprint density at radius 3 is 2.71 bits per heavy atom. The lowest BCUT2D eigenvalue weighted by atomic mass is 10.1. The highest BCUT2D eigenvalue weighted by Gasteiger charge is 2.17. The molecule has 1 aromatic heterocycles. The first-order valence-electron chi connectivity index (χ1n) is 8.30. The Morgan fingerprint density at radius 1 is 1.04 bits per heavy atom. The van der Waals surface area contributed by atoms with Crippen molar-refractivity contribution in [3.63, 3.8) is 0 Å². The van der Waals surface area contributed by atoms with Crippen molar-refractivity contribution in [1.29, 1.82) is 0 Å². The minimum absolute atomic E-state index is 0.272. The first-order valence-corrected chi connectivity index (χ1v) is 8.30. The van der Waals surface area contributed by atoms with Crippen molar-refractivity contribution in [2.75, 3.05) is 18.4 Å². The van der Waals surface area contributed by atoms with E-state index < -0.39 is 0 Å². The lowest BCUT2D eigenvalue weighted by Gasteiger charge is -2.24. The Bertz CT molecular complexity index is 859. The smallest absolute Gasteiger partial charge is 0.224 e. The van der Waals surface area contributed by atoms with E-state index in [9.17, 15) is 4.39 Å². The normalized spacial score (nSPS) is 17.8. The number of nitrogens with one attached hydrogen (secondary N) is 2.